The number of anilines is 1. The minimum absolute atomic E-state index is 0.0660. The SMILES string of the molecule is N#CCc1c[nH]c2ccc(O)cc12.N#Cc1ccc(N)cc1.O=C(O)c1cc2ccccc2cc1O. The van der Waals surface area contributed by atoms with Gasteiger partial charge in [0.15, 0.2) is 0 Å². The summed E-state index contributed by atoms with van der Waals surface area (Å²) in [5.41, 5.74) is 8.51. The zero-order chi connectivity index (χ0) is 26.1. The number of carboxylic acids is 1. The number of rotatable bonds is 2. The molecule has 8 heteroatoms. The van der Waals surface area contributed by atoms with Gasteiger partial charge in [-0.05, 0) is 70.9 Å². The molecule has 6 N–H and O–H groups in total. The van der Waals surface area contributed by atoms with Gasteiger partial charge in [0.05, 0.1) is 24.1 Å². The Morgan fingerprint density at radius 2 is 1.58 bits per heavy atom. The van der Waals surface area contributed by atoms with Gasteiger partial charge in [-0.25, -0.2) is 4.79 Å². The van der Waals surface area contributed by atoms with Crippen molar-refractivity contribution in [3.8, 4) is 23.6 Å². The van der Waals surface area contributed by atoms with Crippen molar-refractivity contribution in [2.75, 3.05) is 5.73 Å². The maximum atomic E-state index is 10.7. The molecule has 5 rings (SSSR count). The van der Waals surface area contributed by atoms with Crippen LogP contribution in [-0.4, -0.2) is 26.3 Å². The smallest absolute Gasteiger partial charge is 0.339 e. The quantitative estimate of drug-likeness (QED) is 0.214. The Morgan fingerprint density at radius 1 is 0.917 bits per heavy atom. The normalized spacial score (nSPS) is 9.72. The Labute approximate surface area is 206 Å². The highest BCUT2D eigenvalue weighted by Gasteiger charge is 2.10. The van der Waals surface area contributed by atoms with Crippen LogP contribution >= 0.6 is 0 Å². The fourth-order valence-electron chi connectivity index (χ4n) is 3.36. The van der Waals surface area contributed by atoms with Gasteiger partial charge in [0.2, 0.25) is 0 Å². The second-order valence-electron chi connectivity index (χ2n) is 7.63. The summed E-state index contributed by atoms with van der Waals surface area (Å²) < 4.78 is 0. The van der Waals surface area contributed by atoms with Crippen molar-refractivity contribution in [1.29, 1.82) is 10.5 Å². The Bertz CT molecular complexity index is 1590. The van der Waals surface area contributed by atoms with Crippen molar-refractivity contribution >= 4 is 33.3 Å². The van der Waals surface area contributed by atoms with E-state index < -0.39 is 5.97 Å². The van der Waals surface area contributed by atoms with Crippen LogP contribution in [-0.2, 0) is 6.42 Å². The van der Waals surface area contributed by atoms with Crippen LogP contribution in [0.25, 0.3) is 21.7 Å². The molecule has 5 aromatic rings. The molecule has 0 radical (unpaired) electrons. The summed E-state index contributed by atoms with van der Waals surface area (Å²) in [4.78, 5) is 13.7. The Kier molecular flexibility index (Phi) is 8.10. The van der Waals surface area contributed by atoms with Crippen molar-refractivity contribution in [2.45, 2.75) is 6.42 Å². The number of nitriles is 2. The molecule has 0 aliphatic heterocycles. The van der Waals surface area contributed by atoms with E-state index in [4.69, 9.17) is 21.4 Å². The first-order valence-corrected chi connectivity index (χ1v) is 10.7. The average molecular weight is 479 g/mol. The molecule has 0 saturated heterocycles. The number of aromatic nitrogens is 1. The predicted molar refractivity (Wildman–Crippen MR) is 137 cm³/mol. The minimum atomic E-state index is -1.12. The van der Waals surface area contributed by atoms with Crippen molar-refractivity contribution < 1.29 is 20.1 Å². The first-order valence-electron chi connectivity index (χ1n) is 10.7. The third kappa shape index (κ3) is 6.31. The molecule has 0 amide bonds. The third-order valence-electron chi connectivity index (χ3n) is 5.15. The summed E-state index contributed by atoms with van der Waals surface area (Å²) in [5.74, 6) is -1.09. The van der Waals surface area contributed by atoms with Crippen molar-refractivity contribution in [1.82, 2.24) is 4.98 Å². The van der Waals surface area contributed by atoms with Gasteiger partial charge in [-0.3, -0.25) is 0 Å². The van der Waals surface area contributed by atoms with E-state index in [0.717, 1.165) is 27.2 Å². The predicted octanol–water partition coefficient (Wildman–Crippen LogP) is 5.32. The summed E-state index contributed by atoms with van der Waals surface area (Å²) in [5, 5.41) is 46.8. The lowest BCUT2D eigenvalue weighted by Crippen LogP contribution is -1.96. The number of aromatic carboxylic acids is 1. The number of benzene rings is 4. The zero-order valence-corrected chi connectivity index (χ0v) is 19.0. The van der Waals surface area contributed by atoms with Gasteiger partial charge in [-0.15, -0.1) is 0 Å². The number of carbonyl (C=O) groups is 1. The number of hydrogen-bond donors (Lipinski definition) is 5. The van der Waals surface area contributed by atoms with Gasteiger partial charge >= 0.3 is 5.97 Å². The molecular formula is C28H22N4O4. The molecule has 1 heterocycles. The Morgan fingerprint density at radius 3 is 2.19 bits per heavy atom. The van der Waals surface area contributed by atoms with Crippen LogP contribution in [0.15, 0.2) is 85.1 Å². The van der Waals surface area contributed by atoms with Crippen LogP contribution in [0.3, 0.4) is 0 Å². The molecule has 0 fully saturated rings. The standard InChI is InChI=1S/C11H8O3.C10H8N2O.C7H6N2/c12-10-6-8-4-2-1-3-7(8)5-9(10)11(13)14;11-4-3-7-6-12-10-2-1-8(13)5-9(7)10;8-5-6-1-3-7(9)4-2-6/h1-6,12H,(H,13,14);1-2,5-6,12-13H,3H2;1-4H,9H2. The molecule has 0 spiro atoms. The molecule has 178 valence electrons. The van der Waals surface area contributed by atoms with Crippen LogP contribution in [0.5, 0.6) is 11.5 Å². The van der Waals surface area contributed by atoms with Crippen LogP contribution in [0.4, 0.5) is 5.69 Å². The first-order chi connectivity index (χ1) is 17.3. The fourth-order valence-corrected chi connectivity index (χ4v) is 3.36. The van der Waals surface area contributed by atoms with Gasteiger partial charge in [-0.2, -0.15) is 10.5 Å². The van der Waals surface area contributed by atoms with Gasteiger partial charge in [0.25, 0.3) is 0 Å². The number of phenols is 2. The van der Waals surface area contributed by atoms with E-state index in [0.29, 0.717) is 17.7 Å². The van der Waals surface area contributed by atoms with E-state index in [2.05, 4.69) is 11.1 Å². The van der Waals surface area contributed by atoms with Crippen LogP contribution < -0.4 is 5.73 Å². The summed E-state index contributed by atoms with van der Waals surface area (Å²) >= 11 is 0. The molecule has 0 aliphatic rings. The van der Waals surface area contributed by atoms with Crippen molar-refractivity contribution in [3.05, 3.63) is 102 Å². The number of phenolic OH excluding ortho intramolecular Hbond substituents is 1. The lowest BCUT2D eigenvalue weighted by Gasteiger charge is -2.02. The van der Waals surface area contributed by atoms with Crippen LogP contribution in [0, 0.1) is 22.7 Å². The summed E-state index contributed by atoms with van der Waals surface area (Å²) in [6.07, 6.45) is 2.16. The van der Waals surface area contributed by atoms with Gasteiger partial charge < -0.3 is 26.0 Å². The molecule has 0 atom stereocenters. The lowest BCUT2D eigenvalue weighted by atomic mass is 10.1. The second-order valence-corrected chi connectivity index (χ2v) is 7.63. The maximum Gasteiger partial charge on any atom is 0.339 e. The maximum absolute atomic E-state index is 10.7. The molecule has 1 aromatic heterocycles. The van der Waals surface area contributed by atoms with E-state index in [9.17, 15) is 15.0 Å². The zero-order valence-electron chi connectivity index (χ0n) is 19.0. The number of aromatic hydroxyl groups is 2. The van der Waals surface area contributed by atoms with E-state index in [1.165, 1.54) is 12.1 Å². The van der Waals surface area contributed by atoms with Crippen molar-refractivity contribution in [3.63, 3.8) is 0 Å². The number of nitrogens with one attached hydrogen (secondary N) is 1. The highest BCUT2D eigenvalue weighted by atomic mass is 16.4. The van der Waals surface area contributed by atoms with E-state index >= 15 is 0 Å². The Hall–Kier alpha value is -5.47. The van der Waals surface area contributed by atoms with E-state index in [1.807, 2.05) is 24.3 Å². The monoisotopic (exact) mass is 478 g/mol. The number of H-pyrrole nitrogens is 1. The van der Waals surface area contributed by atoms with Gasteiger partial charge in [0, 0.05) is 22.8 Å². The van der Waals surface area contributed by atoms with Crippen LogP contribution in [0.2, 0.25) is 0 Å². The molecule has 0 aliphatic carbocycles. The third-order valence-corrected chi connectivity index (χ3v) is 5.15. The highest BCUT2D eigenvalue weighted by Crippen LogP contribution is 2.25. The molecule has 0 unspecified atom stereocenters. The number of hydrogen-bond acceptors (Lipinski definition) is 6. The molecule has 4 aromatic carbocycles. The number of nitrogens with two attached hydrogens (primary N) is 1. The molecular weight excluding hydrogens is 456 g/mol. The average Bonchev–Trinajstić information content (AvgIpc) is 3.27. The molecule has 36 heavy (non-hydrogen) atoms. The lowest BCUT2D eigenvalue weighted by molar-refractivity contribution is 0.0694. The molecule has 0 saturated carbocycles. The number of nitrogen functional groups attached to an aromatic ring is 1. The van der Waals surface area contributed by atoms with E-state index in [1.54, 1.807) is 54.7 Å². The number of aromatic amines is 1. The van der Waals surface area contributed by atoms with Gasteiger partial charge in [-0.1, -0.05) is 24.3 Å². The summed E-state index contributed by atoms with van der Waals surface area (Å²) in [7, 11) is 0. The fraction of sp³-hybridized carbons (Fsp3) is 0.0357. The van der Waals surface area contributed by atoms with Crippen LogP contribution in [0.1, 0.15) is 21.5 Å². The molecule has 8 nitrogen and oxygen atoms in total. The minimum Gasteiger partial charge on any atom is -0.508 e. The largest absolute Gasteiger partial charge is 0.508 e. The first kappa shape index (κ1) is 25.2. The summed E-state index contributed by atoms with van der Waals surface area (Å²) in [6, 6.07) is 26.2. The van der Waals surface area contributed by atoms with Gasteiger partial charge in [0.1, 0.15) is 17.1 Å². The number of fused-ring (bicyclic) bond motifs is 2. The van der Waals surface area contributed by atoms with E-state index in [-0.39, 0.29) is 17.1 Å². The Balaban J connectivity index is 0.000000154. The number of nitrogens with zero attached hydrogens (tertiary/aromatic N) is 2. The molecule has 0 bridgehead atoms. The summed E-state index contributed by atoms with van der Waals surface area (Å²) in [6.45, 7) is 0. The second kappa shape index (κ2) is 11.6. The topological polar surface area (TPSA) is 167 Å². The number of carboxylic acid groups (broad SMARTS) is 1. The van der Waals surface area contributed by atoms with Crippen molar-refractivity contribution in [2.24, 2.45) is 0 Å². The highest BCUT2D eigenvalue weighted by molar-refractivity contribution is 5.97.